The number of sulfonamides is 1. The third kappa shape index (κ3) is 5.08. The van der Waals surface area contributed by atoms with Gasteiger partial charge < -0.3 is 14.6 Å². The van der Waals surface area contributed by atoms with Crippen LogP contribution in [0.25, 0.3) is 0 Å². The molecule has 0 spiro atoms. The molecule has 1 aliphatic heterocycles. The minimum Gasteiger partial charge on any atom is -0.377 e. The van der Waals surface area contributed by atoms with Crippen molar-refractivity contribution in [3.05, 3.63) is 17.2 Å². The average molecular weight is 399 g/mol. The average Bonchev–Trinajstić information content (AvgIpc) is 2.97. The number of nitrogens with one attached hydrogen (secondary N) is 2. The fraction of sp³-hybridized carbons (Fsp3) is 0.778. The molecule has 8 nitrogen and oxygen atoms in total. The summed E-state index contributed by atoms with van der Waals surface area (Å²) in [4.78, 5) is 22.6. The second-order valence-corrected chi connectivity index (χ2v) is 9.45. The van der Waals surface area contributed by atoms with Gasteiger partial charge in [0, 0.05) is 31.5 Å². The van der Waals surface area contributed by atoms with E-state index in [1.807, 2.05) is 18.7 Å². The Morgan fingerprint density at radius 1 is 1.41 bits per heavy atom. The van der Waals surface area contributed by atoms with Gasteiger partial charge in [-0.1, -0.05) is 6.92 Å². The molecule has 0 radical (unpaired) electrons. The Hall–Kier alpha value is -1.45. The summed E-state index contributed by atoms with van der Waals surface area (Å²) in [5.41, 5.74) is 2.06. The predicted octanol–water partition coefficient (Wildman–Crippen LogP) is 1.12. The van der Waals surface area contributed by atoms with Crippen LogP contribution in [0.2, 0.25) is 0 Å². The van der Waals surface area contributed by atoms with Crippen LogP contribution in [0.5, 0.6) is 0 Å². The lowest BCUT2D eigenvalue weighted by atomic mass is 9.83. The molecular formula is C18H30N4O4S. The highest BCUT2D eigenvalue weighted by Crippen LogP contribution is 2.30. The Morgan fingerprint density at radius 2 is 2.19 bits per heavy atom. The lowest BCUT2D eigenvalue weighted by Gasteiger charge is -2.38. The molecule has 1 aromatic rings. The zero-order valence-electron chi connectivity index (χ0n) is 16.3. The van der Waals surface area contributed by atoms with E-state index in [9.17, 15) is 13.2 Å². The van der Waals surface area contributed by atoms with Crippen molar-refractivity contribution in [1.82, 2.24) is 19.6 Å². The second kappa shape index (κ2) is 8.28. The van der Waals surface area contributed by atoms with E-state index < -0.39 is 10.0 Å². The molecule has 3 atom stereocenters. The summed E-state index contributed by atoms with van der Waals surface area (Å²) < 4.78 is 32.1. The molecule has 1 aromatic heterocycles. The number of fused-ring (bicyclic) bond motifs is 1. The van der Waals surface area contributed by atoms with Crippen LogP contribution in [0.3, 0.4) is 0 Å². The van der Waals surface area contributed by atoms with Gasteiger partial charge in [-0.25, -0.2) is 18.1 Å². The number of amides is 1. The molecule has 0 saturated heterocycles. The van der Waals surface area contributed by atoms with E-state index in [-0.39, 0.29) is 24.0 Å². The van der Waals surface area contributed by atoms with Crippen LogP contribution in [-0.2, 0) is 32.5 Å². The molecule has 152 valence electrons. The first-order valence-electron chi connectivity index (χ1n) is 9.69. The topological polar surface area (TPSA) is 104 Å². The van der Waals surface area contributed by atoms with Crippen LogP contribution in [0.1, 0.15) is 49.8 Å². The molecule has 2 aliphatic rings. The number of aromatic nitrogens is 2. The molecule has 27 heavy (non-hydrogen) atoms. The lowest BCUT2D eigenvalue weighted by molar-refractivity contribution is -0.139. The van der Waals surface area contributed by atoms with E-state index in [4.69, 9.17) is 4.74 Å². The number of H-pyrrole nitrogens is 1. The van der Waals surface area contributed by atoms with Crippen LogP contribution in [0.15, 0.2) is 0 Å². The van der Waals surface area contributed by atoms with Gasteiger partial charge >= 0.3 is 0 Å². The number of carbonyl (C=O) groups excluding carboxylic acids is 1. The third-order valence-electron chi connectivity index (χ3n) is 5.30. The van der Waals surface area contributed by atoms with Crippen molar-refractivity contribution in [3.63, 3.8) is 0 Å². The van der Waals surface area contributed by atoms with Gasteiger partial charge in [0.15, 0.2) is 0 Å². The first-order valence-corrected chi connectivity index (χ1v) is 11.6. The van der Waals surface area contributed by atoms with Crippen LogP contribution in [-0.4, -0.2) is 60.7 Å². The Kier molecular flexibility index (Phi) is 6.22. The first kappa shape index (κ1) is 20.3. The summed E-state index contributed by atoms with van der Waals surface area (Å²) in [5.74, 6) is 0.790. The van der Waals surface area contributed by atoms with Crippen molar-refractivity contribution >= 4 is 15.9 Å². The van der Waals surface area contributed by atoms with Gasteiger partial charge in [-0.3, -0.25) is 4.79 Å². The van der Waals surface area contributed by atoms with Crippen LogP contribution >= 0.6 is 0 Å². The minimum atomic E-state index is -3.36. The minimum absolute atomic E-state index is 0.0992. The Bertz CT molecular complexity index is 776. The summed E-state index contributed by atoms with van der Waals surface area (Å²) in [6, 6.07) is -0.357. The van der Waals surface area contributed by atoms with Crippen molar-refractivity contribution in [2.75, 3.05) is 19.4 Å². The smallest absolute Gasteiger partial charge is 0.226 e. The molecule has 1 amide bonds. The van der Waals surface area contributed by atoms with Gasteiger partial charge in [0.25, 0.3) is 0 Å². The van der Waals surface area contributed by atoms with Crippen LogP contribution < -0.4 is 4.72 Å². The maximum atomic E-state index is 13.1. The fourth-order valence-corrected chi connectivity index (χ4v) is 4.92. The number of rotatable bonds is 6. The molecule has 1 saturated carbocycles. The number of nitrogens with zero attached hydrogens (tertiary/aromatic N) is 2. The number of hydrogen-bond donors (Lipinski definition) is 2. The van der Waals surface area contributed by atoms with Gasteiger partial charge in [0.2, 0.25) is 15.9 Å². The fourth-order valence-electron chi connectivity index (χ4n) is 4.12. The standard InChI is InChI=1S/C18H30N4O4S/c1-4-9-26-17-6-5-13(10-15(17)21-27(3,24)25)18(23)22-8-7-14-16(11-22)20-12(2)19-14/h13,15,17,21H,4-11H2,1-3H3,(H,19,20)/t13-,15+,17+/m0/s1. The van der Waals surface area contributed by atoms with E-state index in [0.717, 1.165) is 42.7 Å². The summed E-state index contributed by atoms with van der Waals surface area (Å²) in [5, 5.41) is 0. The zero-order chi connectivity index (χ0) is 19.6. The van der Waals surface area contributed by atoms with Crippen molar-refractivity contribution in [3.8, 4) is 0 Å². The zero-order valence-corrected chi connectivity index (χ0v) is 17.1. The number of ether oxygens (including phenoxy) is 1. The van der Waals surface area contributed by atoms with Crippen molar-refractivity contribution in [2.24, 2.45) is 5.92 Å². The Morgan fingerprint density at radius 3 is 2.89 bits per heavy atom. The Labute approximate surface area is 161 Å². The van der Waals surface area contributed by atoms with Gasteiger partial charge in [-0.15, -0.1) is 0 Å². The predicted molar refractivity (Wildman–Crippen MR) is 102 cm³/mol. The number of carbonyl (C=O) groups is 1. The number of aryl methyl sites for hydroxylation is 1. The van der Waals surface area contributed by atoms with Crippen LogP contribution in [0.4, 0.5) is 0 Å². The third-order valence-corrected chi connectivity index (χ3v) is 6.03. The number of hydrogen-bond acceptors (Lipinski definition) is 5. The molecule has 0 aromatic carbocycles. The summed E-state index contributed by atoms with van der Waals surface area (Å²) >= 11 is 0. The van der Waals surface area contributed by atoms with E-state index in [2.05, 4.69) is 14.7 Å². The molecule has 9 heteroatoms. The molecule has 0 bridgehead atoms. The van der Waals surface area contributed by atoms with Crippen molar-refractivity contribution in [1.29, 1.82) is 0 Å². The number of aromatic amines is 1. The van der Waals surface area contributed by atoms with Crippen molar-refractivity contribution in [2.45, 2.75) is 64.6 Å². The molecule has 1 aliphatic carbocycles. The SMILES string of the molecule is CCCO[C@@H]1CC[C@H](C(=O)N2CCc3nc(C)[nH]c3C2)C[C@H]1NS(C)(=O)=O. The highest BCUT2D eigenvalue weighted by atomic mass is 32.2. The molecule has 3 rings (SSSR count). The molecule has 0 unspecified atom stereocenters. The lowest BCUT2D eigenvalue weighted by Crippen LogP contribution is -2.51. The van der Waals surface area contributed by atoms with Gasteiger partial charge in [-0.05, 0) is 32.6 Å². The number of imidazole rings is 1. The Balaban J connectivity index is 1.66. The second-order valence-electron chi connectivity index (χ2n) is 7.67. The van der Waals surface area contributed by atoms with Gasteiger partial charge in [0.1, 0.15) is 5.82 Å². The molecule has 1 fully saturated rings. The molecule has 2 N–H and O–H groups in total. The normalized spacial score (nSPS) is 26.0. The van der Waals surface area contributed by atoms with E-state index in [0.29, 0.717) is 32.5 Å². The molecular weight excluding hydrogens is 368 g/mol. The maximum Gasteiger partial charge on any atom is 0.226 e. The van der Waals surface area contributed by atoms with Crippen LogP contribution in [0, 0.1) is 12.8 Å². The first-order chi connectivity index (χ1) is 12.8. The van der Waals surface area contributed by atoms with E-state index in [1.54, 1.807) is 0 Å². The van der Waals surface area contributed by atoms with Gasteiger partial charge in [-0.2, -0.15) is 0 Å². The summed E-state index contributed by atoms with van der Waals surface area (Å²) in [6.07, 6.45) is 4.50. The largest absolute Gasteiger partial charge is 0.377 e. The highest BCUT2D eigenvalue weighted by molar-refractivity contribution is 7.88. The maximum absolute atomic E-state index is 13.1. The van der Waals surface area contributed by atoms with Gasteiger partial charge in [0.05, 0.1) is 30.3 Å². The van der Waals surface area contributed by atoms with Crippen molar-refractivity contribution < 1.29 is 17.9 Å². The monoisotopic (exact) mass is 398 g/mol. The van der Waals surface area contributed by atoms with E-state index >= 15 is 0 Å². The highest BCUT2D eigenvalue weighted by Gasteiger charge is 2.38. The van der Waals surface area contributed by atoms with E-state index in [1.165, 1.54) is 0 Å². The quantitative estimate of drug-likeness (QED) is 0.747. The summed E-state index contributed by atoms with van der Waals surface area (Å²) in [6.45, 7) is 5.75. The molecule has 2 heterocycles. The summed E-state index contributed by atoms with van der Waals surface area (Å²) in [7, 11) is -3.36.